The Morgan fingerprint density at radius 2 is 2.04 bits per heavy atom. The number of ether oxygens (including phenoxy) is 2. The number of nitrogens with one attached hydrogen (secondary N) is 1. The molecule has 1 aromatic rings. The molecule has 138 valence electrons. The molecule has 1 aromatic carbocycles. The summed E-state index contributed by atoms with van der Waals surface area (Å²) in [6.45, 7) is 1.83. The average molecular weight is 378 g/mol. The van der Waals surface area contributed by atoms with E-state index in [0.717, 1.165) is 0 Å². The second-order valence-electron chi connectivity index (χ2n) is 5.88. The SMILES string of the molecule is CCOC(=O)C1(C(Nc2ccc(Cl)cc2)C(=C=O)OC)CCCC1=C=O. The van der Waals surface area contributed by atoms with Crippen molar-refractivity contribution in [1.29, 1.82) is 0 Å². The third kappa shape index (κ3) is 3.68. The fourth-order valence-corrected chi connectivity index (χ4v) is 3.45. The molecule has 0 bridgehead atoms. The molecular weight excluding hydrogens is 358 g/mol. The lowest BCUT2D eigenvalue weighted by Crippen LogP contribution is -2.48. The van der Waals surface area contributed by atoms with Crippen molar-refractivity contribution in [3.05, 3.63) is 40.6 Å². The van der Waals surface area contributed by atoms with Crippen LogP contribution in [0.15, 0.2) is 35.6 Å². The summed E-state index contributed by atoms with van der Waals surface area (Å²) in [5, 5.41) is 3.65. The van der Waals surface area contributed by atoms with Crippen LogP contribution in [0.3, 0.4) is 0 Å². The molecule has 1 aliphatic carbocycles. The Labute approximate surface area is 156 Å². The van der Waals surface area contributed by atoms with Gasteiger partial charge >= 0.3 is 5.97 Å². The zero-order valence-corrected chi connectivity index (χ0v) is 15.4. The number of halogens is 1. The number of methoxy groups -OCH3 is 1. The van der Waals surface area contributed by atoms with Gasteiger partial charge in [-0.2, -0.15) is 0 Å². The van der Waals surface area contributed by atoms with Crippen LogP contribution >= 0.6 is 11.6 Å². The normalized spacial score (nSPS) is 19.9. The second-order valence-corrected chi connectivity index (χ2v) is 6.32. The Hall–Kier alpha value is -2.52. The third-order valence-corrected chi connectivity index (χ3v) is 4.78. The quantitative estimate of drug-likeness (QED) is 0.447. The molecule has 0 saturated heterocycles. The lowest BCUT2D eigenvalue weighted by Gasteiger charge is -2.35. The molecule has 2 unspecified atom stereocenters. The zero-order valence-electron chi connectivity index (χ0n) is 14.6. The number of hydrogen-bond acceptors (Lipinski definition) is 6. The molecule has 0 radical (unpaired) electrons. The first-order valence-electron chi connectivity index (χ1n) is 8.26. The first kappa shape index (κ1) is 19.8. The van der Waals surface area contributed by atoms with Gasteiger partial charge in [0.2, 0.25) is 5.76 Å². The monoisotopic (exact) mass is 377 g/mol. The largest absolute Gasteiger partial charge is 0.488 e. The van der Waals surface area contributed by atoms with Crippen LogP contribution in [0, 0.1) is 5.41 Å². The van der Waals surface area contributed by atoms with E-state index in [2.05, 4.69) is 5.32 Å². The van der Waals surface area contributed by atoms with Gasteiger partial charge < -0.3 is 14.8 Å². The maximum Gasteiger partial charge on any atom is 0.319 e. The van der Waals surface area contributed by atoms with Gasteiger partial charge in [0.15, 0.2) is 5.94 Å². The van der Waals surface area contributed by atoms with Crippen molar-refractivity contribution in [3.8, 4) is 0 Å². The summed E-state index contributed by atoms with van der Waals surface area (Å²) in [7, 11) is 1.31. The summed E-state index contributed by atoms with van der Waals surface area (Å²) in [4.78, 5) is 35.9. The molecule has 0 aliphatic heterocycles. The number of hydrogen-bond donors (Lipinski definition) is 1. The lowest BCUT2D eigenvalue weighted by atomic mass is 9.74. The Bertz CT molecular complexity index is 763. The first-order chi connectivity index (χ1) is 12.5. The Morgan fingerprint density at radius 1 is 1.35 bits per heavy atom. The van der Waals surface area contributed by atoms with Gasteiger partial charge in [-0.15, -0.1) is 0 Å². The molecular formula is C19H20ClNO5. The molecule has 0 heterocycles. The second kappa shape index (κ2) is 8.72. The van der Waals surface area contributed by atoms with Crippen LogP contribution < -0.4 is 5.32 Å². The van der Waals surface area contributed by atoms with Gasteiger partial charge in [0.1, 0.15) is 17.4 Å². The minimum absolute atomic E-state index is 0.123. The molecule has 1 N–H and O–H groups in total. The zero-order chi connectivity index (χ0) is 19.2. The van der Waals surface area contributed by atoms with Crippen molar-refractivity contribution >= 4 is 35.1 Å². The van der Waals surface area contributed by atoms with Gasteiger partial charge in [0.05, 0.1) is 13.7 Å². The summed E-state index contributed by atoms with van der Waals surface area (Å²) in [5.41, 5.74) is -0.516. The molecule has 1 aliphatic rings. The number of carbonyl (C=O) groups excluding carboxylic acids is 3. The smallest absolute Gasteiger partial charge is 0.319 e. The first-order valence-corrected chi connectivity index (χ1v) is 8.64. The standard InChI is InChI=1S/C19H20ClNO5/c1-3-26-18(24)19(10-4-5-13(19)11-22)17(16(12-23)25-2)21-15-8-6-14(20)7-9-15/h6-9,17,21H,3-5,10H2,1-2H3. The summed E-state index contributed by atoms with van der Waals surface area (Å²) in [6, 6.07) is 5.78. The van der Waals surface area contributed by atoms with E-state index in [1.165, 1.54) is 7.11 Å². The molecule has 1 saturated carbocycles. The highest BCUT2D eigenvalue weighted by atomic mass is 35.5. The van der Waals surface area contributed by atoms with Crippen LogP contribution in [0.4, 0.5) is 5.69 Å². The summed E-state index contributed by atoms with van der Waals surface area (Å²) >= 11 is 5.91. The highest BCUT2D eigenvalue weighted by Gasteiger charge is 2.56. The van der Waals surface area contributed by atoms with Crippen molar-refractivity contribution in [1.82, 2.24) is 0 Å². The molecule has 2 rings (SSSR count). The van der Waals surface area contributed by atoms with Crippen molar-refractivity contribution < 1.29 is 23.9 Å². The molecule has 0 spiro atoms. The molecule has 2 atom stereocenters. The lowest BCUT2D eigenvalue weighted by molar-refractivity contribution is -0.153. The van der Waals surface area contributed by atoms with E-state index in [1.54, 1.807) is 37.1 Å². The predicted molar refractivity (Wildman–Crippen MR) is 97.2 cm³/mol. The minimum atomic E-state index is -1.37. The Morgan fingerprint density at radius 3 is 2.58 bits per heavy atom. The number of carbonyl (C=O) groups is 1. The number of benzene rings is 1. The van der Waals surface area contributed by atoms with Crippen LogP contribution in [0.25, 0.3) is 0 Å². The molecule has 1 fully saturated rings. The van der Waals surface area contributed by atoms with E-state index in [1.807, 2.05) is 5.94 Å². The molecule has 26 heavy (non-hydrogen) atoms. The highest BCUT2D eigenvalue weighted by molar-refractivity contribution is 6.30. The van der Waals surface area contributed by atoms with Crippen LogP contribution in [-0.2, 0) is 23.9 Å². The van der Waals surface area contributed by atoms with Crippen LogP contribution in [-0.4, -0.2) is 37.6 Å². The van der Waals surface area contributed by atoms with Gasteiger partial charge in [0, 0.05) is 16.3 Å². The highest BCUT2D eigenvalue weighted by Crippen LogP contribution is 2.48. The fraction of sp³-hybridized carbons (Fsp3) is 0.421. The molecule has 0 amide bonds. The predicted octanol–water partition coefficient (Wildman–Crippen LogP) is 2.97. The summed E-state index contributed by atoms with van der Waals surface area (Å²) in [5.74, 6) is 2.90. The maximum atomic E-state index is 12.9. The van der Waals surface area contributed by atoms with Crippen molar-refractivity contribution in [2.24, 2.45) is 5.41 Å². The van der Waals surface area contributed by atoms with Gasteiger partial charge in [0.25, 0.3) is 0 Å². The van der Waals surface area contributed by atoms with Crippen LogP contribution in [0.2, 0.25) is 5.02 Å². The van der Waals surface area contributed by atoms with E-state index < -0.39 is 17.4 Å². The number of anilines is 1. The Kier molecular flexibility index (Phi) is 6.64. The average Bonchev–Trinajstić information content (AvgIpc) is 3.08. The van der Waals surface area contributed by atoms with Crippen molar-refractivity contribution in [3.63, 3.8) is 0 Å². The minimum Gasteiger partial charge on any atom is -0.488 e. The van der Waals surface area contributed by atoms with E-state index in [0.29, 0.717) is 30.0 Å². The summed E-state index contributed by atoms with van der Waals surface area (Å²) in [6.07, 6.45) is 1.32. The third-order valence-electron chi connectivity index (χ3n) is 4.53. The van der Waals surface area contributed by atoms with E-state index in [4.69, 9.17) is 21.1 Å². The topological polar surface area (TPSA) is 81.7 Å². The fourth-order valence-electron chi connectivity index (χ4n) is 3.33. The van der Waals surface area contributed by atoms with Gasteiger partial charge in [-0.25, -0.2) is 9.59 Å². The van der Waals surface area contributed by atoms with Gasteiger partial charge in [-0.1, -0.05) is 11.6 Å². The summed E-state index contributed by atoms with van der Waals surface area (Å²) < 4.78 is 10.4. The van der Waals surface area contributed by atoms with E-state index >= 15 is 0 Å². The van der Waals surface area contributed by atoms with Crippen LogP contribution in [0.1, 0.15) is 26.2 Å². The van der Waals surface area contributed by atoms with Crippen molar-refractivity contribution in [2.75, 3.05) is 19.0 Å². The van der Waals surface area contributed by atoms with Gasteiger partial charge in [-0.3, -0.25) is 4.79 Å². The number of rotatable bonds is 7. The van der Waals surface area contributed by atoms with Crippen molar-refractivity contribution in [2.45, 2.75) is 32.2 Å². The van der Waals surface area contributed by atoms with Gasteiger partial charge in [-0.05, 0) is 50.5 Å². The molecule has 0 aromatic heterocycles. The Balaban J connectivity index is 2.58. The number of esters is 1. The van der Waals surface area contributed by atoms with E-state index in [-0.39, 0.29) is 17.9 Å². The van der Waals surface area contributed by atoms with Crippen LogP contribution in [0.5, 0.6) is 0 Å². The van der Waals surface area contributed by atoms with E-state index in [9.17, 15) is 14.4 Å². The molecule has 7 heteroatoms. The maximum absolute atomic E-state index is 12.9. The molecule has 6 nitrogen and oxygen atoms in total.